The average Bonchev–Trinajstić information content (AvgIpc) is 2.60. The first-order valence-corrected chi connectivity index (χ1v) is 7.93. The first kappa shape index (κ1) is 15.4. The maximum atomic E-state index is 5.64. The third-order valence-electron chi connectivity index (χ3n) is 3.75. The van der Waals surface area contributed by atoms with Gasteiger partial charge in [0, 0.05) is 18.0 Å². The van der Waals surface area contributed by atoms with Gasteiger partial charge in [0.1, 0.15) is 11.6 Å². The molecule has 0 amide bonds. The van der Waals surface area contributed by atoms with Gasteiger partial charge in [0.25, 0.3) is 0 Å². The van der Waals surface area contributed by atoms with Crippen molar-refractivity contribution < 1.29 is 0 Å². The number of nitrogens with one attached hydrogen (secondary N) is 1. The van der Waals surface area contributed by atoms with Crippen LogP contribution in [0.3, 0.4) is 0 Å². The zero-order valence-corrected chi connectivity index (χ0v) is 13.3. The van der Waals surface area contributed by atoms with E-state index in [1.165, 1.54) is 5.56 Å². The van der Waals surface area contributed by atoms with Crippen molar-refractivity contribution >= 4 is 16.7 Å². The van der Waals surface area contributed by atoms with Gasteiger partial charge >= 0.3 is 0 Å². The van der Waals surface area contributed by atoms with Gasteiger partial charge in [0.05, 0.1) is 17.8 Å². The molecule has 0 atom stereocenters. The smallest absolute Gasteiger partial charge is 0.137 e. The maximum absolute atomic E-state index is 5.64. The molecule has 5 nitrogen and oxygen atoms in total. The summed E-state index contributed by atoms with van der Waals surface area (Å²) in [6, 6.07) is 12.2. The summed E-state index contributed by atoms with van der Waals surface area (Å²) in [7, 11) is 0. The van der Waals surface area contributed by atoms with Crippen molar-refractivity contribution in [3.8, 4) is 0 Å². The number of pyridine rings is 1. The number of nitrogens with zero attached hydrogens (tertiary/aromatic N) is 3. The van der Waals surface area contributed by atoms with Crippen LogP contribution in [-0.4, -0.2) is 21.5 Å². The Kier molecular flexibility index (Phi) is 4.78. The Morgan fingerprint density at radius 2 is 1.96 bits per heavy atom. The van der Waals surface area contributed by atoms with E-state index in [9.17, 15) is 0 Å². The Balaban J connectivity index is 1.85. The van der Waals surface area contributed by atoms with Gasteiger partial charge in [-0.15, -0.1) is 0 Å². The molecule has 2 aromatic heterocycles. The number of para-hydroxylation sites is 1. The number of nitrogens with two attached hydrogens (primary N) is 1. The SMILES string of the molecule is CCc1ccc(CNc2nc(CCN)nc3ccccc23)nc1. The van der Waals surface area contributed by atoms with E-state index < -0.39 is 0 Å². The molecular formula is C18H21N5. The van der Waals surface area contributed by atoms with E-state index in [0.29, 0.717) is 19.5 Å². The highest BCUT2D eigenvalue weighted by molar-refractivity contribution is 5.88. The lowest BCUT2D eigenvalue weighted by atomic mass is 10.2. The van der Waals surface area contributed by atoms with Gasteiger partial charge in [0.2, 0.25) is 0 Å². The summed E-state index contributed by atoms with van der Waals surface area (Å²) < 4.78 is 0. The molecule has 2 heterocycles. The topological polar surface area (TPSA) is 76.7 Å². The molecule has 0 radical (unpaired) electrons. The maximum Gasteiger partial charge on any atom is 0.137 e. The highest BCUT2D eigenvalue weighted by atomic mass is 15.0. The number of aryl methyl sites for hydroxylation is 1. The normalized spacial score (nSPS) is 10.9. The van der Waals surface area contributed by atoms with E-state index in [-0.39, 0.29) is 0 Å². The fourth-order valence-corrected chi connectivity index (χ4v) is 2.44. The monoisotopic (exact) mass is 307 g/mol. The van der Waals surface area contributed by atoms with Gasteiger partial charge in [-0.05, 0) is 36.7 Å². The van der Waals surface area contributed by atoms with Gasteiger partial charge < -0.3 is 11.1 Å². The summed E-state index contributed by atoms with van der Waals surface area (Å²) in [5.41, 5.74) is 8.80. The molecule has 0 fully saturated rings. The number of hydrogen-bond donors (Lipinski definition) is 2. The lowest BCUT2D eigenvalue weighted by molar-refractivity contribution is 0.876. The zero-order chi connectivity index (χ0) is 16.1. The highest BCUT2D eigenvalue weighted by Crippen LogP contribution is 2.20. The van der Waals surface area contributed by atoms with E-state index >= 15 is 0 Å². The molecule has 3 aromatic rings. The molecule has 0 saturated heterocycles. The summed E-state index contributed by atoms with van der Waals surface area (Å²) in [4.78, 5) is 13.6. The molecule has 0 bridgehead atoms. The molecule has 118 valence electrons. The number of fused-ring (bicyclic) bond motifs is 1. The van der Waals surface area contributed by atoms with Gasteiger partial charge in [-0.2, -0.15) is 0 Å². The summed E-state index contributed by atoms with van der Waals surface area (Å²) >= 11 is 0. The van der Waals surface area contributed by atoms with Crippen LogP contribution >= 0.6 is 0 Å². The van der Waals surface area contributed by atoms with E-state index in [2.05, 4.69) is 39.3 Å². The third kappa shape index (κ3) is 3.63. The molecule has 0 spiro atoms. The van der Waals surface area contributed by atoms with Crippen LogP contribution in [0, 0.1) is 0 Å². The number of aromatic nitrogens is 3. The van der Waals surface area contributed by atoms with Crippen LogP contribution in [-0.2, 0) is 19.4 Å². The lowest BCUT2D eigenvalue weighted by Crippen LogP contribution is -2.10. The van der Waals surface area contributed by atoms with Crippen molar-refractivity contribution in [2.75, 3.05) is 11.9 Å². The second-order valence-corrected chi connectivity index (χ2v) is 5.41. The summed E-state index contributed by atoms with van der Waals surface area (Å²) in [5.74, 6) is 1.60. The standard InChI is InChI=1S/C18H21N5/c1-2-13-7-8-14(20-11-13)12-21-18-15-5-3-4-6-16(15)22-17(23-18)9-10-19/h3-8,11H,2,9-10,12,19H2,1H3,(H,21,22,23). The van der Waals surface area contributed by atoms with E-state index in [1.54, 1.807) is 0 Å². The molecule has 0 unspecified atom stereocenters. The van der Waals surface area contributed by atoms with Crippen molar-refractivity contribution in [1.82, 2.24) is 15.0 Å². The summed E-state index contributed by atoms with van der Waals surface area (Å²) in [6.45, 7) is 3.30. The Bertz CT molecular complexity index is 783. The lowest BCUT2D eigenvalue weighted by Gasteiger charge is -2.10. The predicted octanol–water partition coefficient (Wildman–Crippen LogP) is 2.70. The summed E-state index contributed by atoms with van der Waals surface area (Å²) in [6.07, 6.45) is 3.59. The van der Waals surface area contributed by atoms with E-state index in [0.717, 1.165) is 34.7 Å². The Morgan fingerprint density at radius 1 is 1.09 bits per heavy atom. The largest absolute Gasteiger partial charge is 0.364 e. The molecule has 23 heavy (non-hydrogen) atoms. The van der Waals surface area contributed by atoms with Crippen LogP contribution in [0.5, 0.6) is 0 Å². The van der Waals surface area contributed by atoms with Gasteiger partial charge in [-0.25, -0.2) is 9.97 Å². The first-order chi connectivity index (χ1) is 11.3. The zero-order valence-electron chi connectivity index (χ0n) is 13.3. The number of rotatable bonds is 6. The minimum atomic E-state index is 0.539. The van der Waals surface area contributed by atoms with Crippen molar-refractivity contribution in [1.29, 1.82) is 0 Å². The second-order valence-electron chi connectivity index (χ2n) is 5.41. The van der Waals surface area contributed by atoms with Crippen molar-refractivity contribution in [3.05, 3.63) is 59.7 Å². The minimum absolute atomic E-state index is 0.539. The number of benzene rings is 1. The molecule has 0 aliphatic rings. The van der Waals surface area contributed by atoms with Crippen molar-refractivity contribution in [2.45, 2.75) is 26.3 Å². The molecule has 3 rings (SSSR count). The first-order valence-electron chi connectivity index (χ1n) is 7.93. The van der Waals surface area contributed by atoms with Crippen LogP contribution in [0.4, 0.5) is 5.82 Å². The summed E-state index contributed by atoms with van der Waals surface area (Å²) in [5, 5.41) is 4.40. The molecule has 5 heteroatoms. The predicted molar refractivity (Wildman–Crippen MR) is 93.2 cm³/mol. The van der Waals surface area contributed by atoms with Crippen LogP contribution in [0.15, 0.2) is 42.6 Å². The van der Waals surface area contributed by atoms with Crippen molar-refractivity contribution in [3.63, 3.8) is 0 Å². The number of hydrogen-bond acceptors (Lipinski definition) is 5. The molecule has 3 N–H and O–H groups in total. The fraction of sp³-hybridized carbons (Fsp3) is 0.278. The van der Waals surface area contributed by atoms with E-state index in [1.807, 2.05) is 30.5 Å². The third-order valence-corrected chi connectivity index (χ3v) is 3.75. The Hall–Kier alpha value is -2.53. The Labute approximate surface area is 136 Å². The molecular weight excluding hydrogens is 286 g/mol. The second kappa shape index (κ2) is 7.15. The highest BCUT2D eigenvalue weighted by Gasteiger charge is 2.07. The van der Waals surface area contributed by atoms with Gasteiger partial charge in [0.15, 0.2) is 0 Å². The van der Waals surface area contributed by atoms with Crippen molar-refractivity contribution in [2.24, 2.45) is 5.73 Å². The minimum Gasteiger partial charge on any atom is -0.364 e. The average molecular weight is 307 g/mol. The Morgan fingerprint density at radius 3 is 2.70 bits per heavy atom. The molecule has 0 aliphatic heterocycles. The van der Waals surface area contributed by atoms with Crippen LogP contribution < -0.4 is 11.1 Å². The quantitative estimate of drug-likeness (QED) is 0.732. The number of anilines is 1. The van der Waals surface area contributed by atoms with Gasteiger partial charge in [-0.3, -0.25) is 4.98 Å². The van der Waals surface area contributed by atoms with Gasteiger partial charge in [-0.1, -0.05) is 25.1 Å². The van der Waals surface area contributed by atoms with Crippen LogP contribution in [0.25, 0.3) is 10.9 Å². The van der Waals surface area contributed by atoms with Crippen LogP contribution in [0.2, 0.25) is 0 Å². The van der Waals surface area contributed by atoms with E-state index in [4.69, 9.17) is 5.73 Å². The molecule has 0 aliphatic carbocycles. The molecule has 1 aromatic carbocycles. The molecule has 0 saturated carbocycles. The fourth-order valence-electron chi connectivity index (χ4n) is 2.44. The van der Waals surface area contributed by atoms with Crippen LogP contribution in [0.1, 0.15) is 24.0 Å².